The van der Waals surface area contributed by atoms with Gasteiger partial charge in [0.1, 0.15) is 9.53 Å². The molecule has 0 unspecified atom stereocenters. The number of nitrogens with zero attached hydrogens (tertiary/aromatic N) is 3. The second-order valence-electron chi connectivity index (χ2n) is 11.3. The molecule has 4 rings (SSSR count). The molecule has 4 heterocycles. The van der Waals surface area contributed by atoms with Crippen molar-refractivity contribution in [2.45, 2.75) is 136 Å². The monoisotopic (exact) mass is 511 g/mol. The van der Waals surface area contributed by atoms with Crippen molar-refractivity contribution >= 4 is 31.8 Å². The maximum atomic E-state index is 13.2. The number of thiophene rings is 1. The third-order valence-corrected chi connectivity index (χ3v) is 8.65. The largest absolute Gasteiger partial charge is 0.370 e. The Kier molecular flexibility index (Phi) is 9.95. The van der Waals surface area contributed by atoms with E-state index in [0.717, 1.165) is 51.1 Å². The molecule has 1 aliphatic rings. The average molecular weight is 512 g/mol. The highest BCUT2D eigenvalue weighted by atomic mass is 32.1. The van der Waals surface area contributed by atoms with Crippen LogP contribution in [-0.2, 0) is 24.3 Å². The van der Waals surface area contributed by atoms with Crippen LogP contribution in [0, 0.1) is 0 Å². The standard InChI is InChI=1S/C30H45N3O2S/c1-4-5-6-7-8-9-10-11-12-13-14-15-16-17-18-33-22-31-26-24-19-23-21-35-30(2,3)20-25(23)32-28(24)36-27(26)29(33)34/h19,22H,4-18,20-21H2,1-3H3. The smallest absolute Gasteiger partial charge is 0.271 e. The summed E-state index contributed by atoms with van der Waals surface area (Å²) in [6.45, 7) is 7.80. The minimum absolute atomic E-state index is 0.0762. The van der Waals surface area contributed by atoms with E-state index in [-0.39, 0.29) is 11.2 Å². The van der Waals surface area contributed by atoms with Crippen molar-refractivity contribution in [3.63, 3.8) is 0 Å². The van der Waals surface area contributed by atoms with Crippen LogP contribution in [0.2, 0.25) is 0 Å². The lowest BCUT2D eigenvalue weighted by Crippen LogP contribution is -2.32. The lowest BCUT2D eigenvalue weighted by molar-refractivity contribution is -0.0411. The molecule has 0 N–H and O–H groups in total. The maximum absolute atomic E-state index is 13.2. The topological polar surface area (TPSA) is 57.0 Å². The van der Waals surface area contributed by atoms with Gasteiger partial charge in [0.2, 0.25) is 0 Å². The Hall–Kier alpha value is -1.79. The summed E-state index contributed by atoms with van der Waals surface area (Å²) in [6, 6.07) is 2.14. The van der Waals surface area contributed by atoms with Gasteiger partial charge >= 0.3 is 0 Å². The molecule has 0 bridgehead atoms. The Morgan fingerprint density at radius 2 is 1.56 bits per heavy atom. The SMILES string of the molecule is CCCCCCCCCCCCCCCCn1cnc2c(sc3nc4c(cc32)COC(C)(C)C4)c1=O. The first-order valence-electron chi connectivity index (χ1n) is 14.4. The number of hydrogen-bond acceptors (Lipinski definition) is 5. The lowest BCUT2D eigenvalue weighted by Gasteiger charge is -2.30. The zero-order valence-corrected chi connectivity index (χ0v) is 23.6. The van der Waals surface area contributed by atoms with Crippen LogP contribution in [0.1, 0.15) is 122 Å². The lowest BCUT2D eigenvalue weighted by atomic mass is 9.95. The molecular formula is C30H45N3O2S. The van der Waals surface area contributed by atoms with Crippen molar-refractivity contribution in [2.24, 2.45) is 0 Å². The van der Waals surface area contributed by atoms with Gasteiger partial charge in [-0.3, -0.25) is 9.36 Å². The Morgan fingerprint density at radius 1 is 0.944 bits per heavy atom. The van der Waals surface area contributed by atoms with Crippen molar-refractivity contribution in [1.29, 1.82) is 0 Å². The summed E-state index contributed by atoms with van der Waals surface area (Å²) in [5, 5.41) is 0.984. The molecule has 36 heavy (non-hydrogen) atoms. The first-order chi connectivity index (χ1) is 17.5. The minimum atomic E-state index is -0.192. The molecule has 0 radical (unpaired) electrons. The molecule has 0 atom stereocenters. The molecule has 0 aliphatic carbocycles. The minimum Gasteiger partial charge on any atom is -0.370 e. The third kappa shape index (κ3) is 7.16. The summed E-state index contributed by atoms with van der Waals surface area (Å²) >= 11 is 1.49. The van der Waals surface area contributed by atoms with Gasteiger partial charge in [-0.1, -0.05) is 90.4 Å². The number of rotatable bonds is 15. The van der Waals surface area contributed by atoms with Crippen LogP contribution in [0.15, 0.2) is 17.2 Å². The summed E-state index contributed by atoms with van der Waals surface area (Å²) in [7, 11) is 0. The molecule has 6 heteroatoms. The van der Waals surface area contributed by atoms with Gasteiger partial charge in [0.25, 0.3) is 5.56 Å². The molecule has 0 aromatic carbocycles. The molecule has 5 nitrogen and oxygen atoms in total. The number of fused-ring (bicyclic) bond motifs is 4. The highest BCUT2D eigenvalue weighted by molar-refractivity contribution is 7.25. The van der Waals surface area contributed by atoms with Gasteiger partial charge in [0.15, 0.2) is 0 Å². The van der Waals surface area contributed by atoms with Gasteiger partial charge in [0, 0.05) is 23.9 Å². The second kappa shape index (κ2) is 13.1. The number of unbranched alkanes of at least 4 members (excludes halogenated alkanes) is 13. The van der Waals surface area contributed by atoms with Crippen LogP contribution < -0.4 is 5.56 Å². The quantitative estimate of drug-likeness (QED) is 0.192. The fraction of sp³-hybridized carbons (Fsp3) is 0.700. The number of ether oxygens (including phenoxy) is 1. The van der Waals surface area contributed by atoms with Crippen molar-refractivity contribution in [2.75, 3.05) is 0 Å². The summed E-state index contributed by atoms with van der Waals surface area (Å²) < 4.78 is 8.49. The van der Waals surface area contributed by atoms with Crippen LogP contribution in [0.4, 0.5) is 0 Å². The van der Waals surface area contributed by atoms with Crippen LogP contribution in [0.25, 0.3) is 20.4 Å². The predicted octanol–water partition coefficient (Wildman–Crippen LogP) is 8.34. The van der Waals surface area contributed by atoms with E-state index in [4.69, 9.17) is 9.72 Å². The van der Waals surface area contributed by atoms with E-state index in [1.54, 1.807) is 10.9 Å². The number of aromatic nitrogens is 3. The molecule has 0 fully saturated rings. The summed E-state index contributed by atoms with van der Waals surface area (Å²) in [4.78, 5) is 23.7. The van der Waals surface area contributed by atoms with Gasteiger partial charge in [-0.15, -0.1) is 11.3 Å². The Morgan fingerprint density at radius 3 is 2.19 bits per heavy atom. The van der Waals surface area contributed by atoms with E-state index in [2.05, 4.69) is 31.8 Å². The highest BCUT2D eigenvalue weighted by Crippen LogP contribution is 2.34. The van der Waals surface area contributed by atoms with Crippen molar-refractivity contribution in [3.8, 4) is 0 Å². The van der Waals surface area contributed by atoms with Crippen molar-refractivity contribution < 1.29 is 4.74 Å². The van der Waals surface area contributed by atoms with Crippen molar-refractivity contribution in [3.05, 3.63) is 34.0 Å². The highest BCUT2D eigenvalue weighted by Gasteiger charge is 2.28. The zero-order chi connectivity index (χ0) is 25.4. The van der Waals surface area contributed by atoms with E-state index >= 15 is 0 Å². The first kappa shape index (κ1) is 27.3. The van der Waals surface area contributed by atoms with Gasteiger partial charge < -0.3 is 4.74 Å². The van der Waals surface area contributed by atoms with Gasteiger partial charge in [-0.25, -0.2) is 9.97 Å². The summed E-state index contributed by atoms with van der Waals surface area (Å²) in [6.07, 6.45) is 21.3. The third-order valence-electron chi connectivity index (χ3n) is 7.57. The van der Waals surface area contributed by atoms with Gasteiger partial charge in [-0.05, 0) is 26.3 Å². The predicted molar refractivity (Wildman–Crippen MR) is 152 cm³/mol. The summed E-state index contributed by atoms with van der Waals surface area (Å²) in [5.74, 6) is 0. The van der Waals surface area contributed by atoms with Gasteiger partial charge in [-0.2, -0.15) is 0 Å². The molecule has 3 aromatic rings. The Labute approximate surface area is 220 Å². The Balaban J connectivity index is 1.20. The molecule has 0 saturated carbocycles. The summed E-state index contributed by atoms with van der Waals surface area (Å²) in [5.41, 5.74) is 2.88. The number of aryl methyl sites for hydroxylation is 1. The van der Waals surface area contributed by atoms with Crippen LogP contribution in [0.5, 0.6) is 0 Å². The molecular weight excluding hydrogens is 466 g/mol. The van der Waals surface area contributed by atoms with E-state index < -0.39 is 0 Å². The maximum Gasteiger partial charge on any atom is 0.271 e. The molecule has 1 aliphatic heterocycles. The van der Waals surface area contributed by atoms with E-state index in [1.165, 1.54) is 94.8 Å². The molecule has 198 valence electrons. The van der Waals surface area contributed by atoms with Crippen molar-refractivity contribution in [1.82, 2.24) is 14.5 Å². The Bertz CT molecular complexity index is 1180. The second-order valence-corrected chi connectivity index (χ2v) is 12.3. The molecule has 0 amide bonds. The van der Waals surface area contributed by atoms with Crippen LogP contribution in [0.3, 0.4) is 0 Å². The zero-order valence-electron chi connectivity index (χ0n) is 22.7. The van der Waals surface area contributed by atoms with E-state index in [0.29, 0.717) is 6.61 Å². The fourth-order valence-corrected chi connectivity index (χ4v) is 6.39. The van der Waals surface area contributed by atoms with Gasteiger partial charge in [0.05, 0.1) is 29.7 Å². The molecule has 3 aromatic heterocycles. The first-order valence-corrected chi connectivity index (χ1v) is 15.2. The normalized spacial score (nSPS) is 15.1. The van der Waals surface area contributed by atoms with Crippen LogP contribution in [-0.4, -0.2) is 20.1 Å². The van der Waals surface area contributed by atoms with E-state index in [1.807, 2.05) is 0 Å². The van der Waals surface area contributed by atoms with Crippen LogP contribution >= 0.6 is 11.3 Å². The molecule has 0 saturated heterocycles. The number of pyridine rings is 1. The fourth-order valence-electron chi connectivity index (χ4n) is 5.31. The molecule has 0 spiro atoms. The average Bonchev–Trinajstić information content (AvgIpc) is 3.21. The number of hydrogen-bond donors (Lipinski definition) is 0. The van der Waals surface area contributed by atoms with E-state index in [9.17, 15) is 4.79 Å².